The topological polar surface area (TPSA) is 32.3 Å². The van der Waals surface area contributed by atoms with Gasteiger partial charge in [-0.2, -0.15) is 0 Å². The number of halogens is 1. The maximum atomic E-state index is 12.7. The molecule has 1 aliphatic heterocycles. The van der Waals surface area contributed by atoms with Crippen molar-refractivity contribution in [3.63, 3.8) is 0 Å². The van der Waals surface area contributed by atoms with E-state index in [-0.39, 0.29) is 17.8 Å². The lowest BCUT2D eigenvalue weighted by Gasteiger charge is -2.12. The number of rotatable bonds is 2. The summed E-state index contributed by atoms with van der Waals surface area (Å²) >= 11 is 0. The molecule has 0 spiro atoms. The normalized spacial score (nSPS) is 21.0. The van der Waals surface area contributed by atoms with Crippen molar-refractivity contribution in [2.75, 3.05) is 20.1 Å². The first-order valence-corrected chi connectivity index (χ1v) is 5.40. The van der Waals surface area contributed by atoms with E-state index in [1.807, 2.05) is 7.05 Å². The Morgan fingerprint density at radius 1 is 1.44 bits per heavy atom. The van der Waals surface area contributed by atoms with E-state index in [2.05, 4.69) is 10.2 Å². The van der Waals surface area contributed by atoms with Crippen LogP contribution >= 0.6 is 0 Å². The lowest BCUT2D eigenvalue weighted by atomic mass is 10.2. The number of hydrogen-bond donors (Lipinski definition) is 1. The fourth-order valence-corrected chi connectivity index (χ4v) is 1.92. The number of benzene rings is 1. The van der Waals surface area contributed by atoms with Crippen LogP contribution in [0.1, 0.15) is 16.8 Å². The summed E-state index contributed by atoms with van der Waals surface area (Å²) in [4.78, 5) is 13.9. The molecule has 16 heavy (non-hydrogen) atoms. The third kappa shape index (κ3) is 2.58. The number of nitrogens with zero attached hydrogens (tertiary/aromatic N) is 1. The van der Waals surface area contributed by atoms with E-state index in [1.165, 1.54) is 24.3 Å². The van der Waals surface area contributed by atoms with E-state index in [0.717, 1.165) is 19.5 Å². The Morgan fingerprint density at radius 3 is 2.69 bits per heavy atom. The van der Waals surface area contributed by atoms with Crippen molar-refractivity contribution in [3.8, 4) is 0 Å². The molecule has 0 bridgehead atoms. The summed E-state index contributed by atoms with van der Waals surface area (Å²) < 4.78 is 12.7. The summed E-state index contributed by atoms with van der Waals surface area (Å²) in [6, 6.07) is 5.82. The summed E-state index contributed by atoms with van der Waals surface area (Å²) in [6.45, 7) is 1.89. The van der Waals surface area contributed by atoms with E-state index >= 15 is 0 Å². The zero-order valence-electron chi connectivity index (χ0n) is 9.24. The van der Waals surface area contributed by atoms with Crippen molar-refractivity contribution in [1.29, 1.82) is 0 Å². The van der Waals surface area contributed by atoms with Gasteiger partial charge in [0.25, 0.3) is 5.91 Å². The van der Waals surface area contributed by atoms with E-state index in [9.17, 15) is 9.18 Å². The van der Waals surface area contributed by atoms with Crippen LogP contribution in [0.4, 0.5) is 4.39 Å². The molecule has 1 unspecified atom stereocenters. The summed E-state index contributed by atoms with van der Waals surface area (Å²) in [6.07, 6.45) is 0.976. The molecule has 3 nitrogen and oxygen atoms in total. The number of carbonyl (C=O) groups excluding carboxylic acids is 1. The highest BCUT2D eigenvalue weighted by molar-refractivity contribution is 5.94. The first-order chi connectivity index (χ1) is 7.65. The average Bonchev–Trinajstić information content (AvgIpc) is 2.65. The fraction of sp³-hybridized carbons (Fsp3) is 0.417. The van der Waals surface area contributed by atoms with E-state index in [1.54, 1.807) is 0 Å². The van der Waals surface area contributed by atoms with E-state index in [0.29, 0.717) is 5.56 Å². The summed E-state index contributed by atoms with van der Waals surface area (Å²) in [7, 11) is 2.03. The Balaban J connectivity index is 1.95. The molecule has 1 atom stereocenters. The van der Waals surface area contributed by atoms with Gasteiger partial charge in [0, 0.05) is 18.2 Å². The molecule has 1 N–H and O–H groups in total. The highest BCUT2D eigenvalue weighted by Crippen LogP contribution is 2.08. The van der Waals surface area contributed by atoms with E-state index < -0.39 is 0 Å². The predicted molar refractivity (Wildman–Crippen MR) is 59.8 cm³/mol. The van der Waals surface area contributed by atoms with Gasteiger partial charge in [-0.3, -0.25) is 4.79 Å². The molecule has 1 aromatic rings. The molecule has 4 heteroatoms. The number of hydrogen-bond acceptors (Lipinski definition) is 2. The Labute approximate surface area is 94.3 Å². The van der Waals surface area contributed by atoms with Crippen LogP contribution < -0.4 is 5.32 Å². The van der Waals surface area contributed by atoms with Crippen molar-refractivity contribution in [2.45, 2.75) is 12.5 Å². The van der Waals surface area contributed by atoms with Gasteiger partial charge in [0.05, 0.1) is 0 Å². The summed E-state index contributed by atoms with van der Waals surface area (Å²) in [5.41, 5.74) is 0.510. The van der Waals surface area contributed by atoms with Crippen LogP contribution in [-0.4, -0.2) is 37.0 Å². The molecule has 1 aliphatic rings. The molecule has 1 saturated heterocycles. The number of likely N-dealkylation sites (tertiary alicyclic amines) is 1. The maximum absolute atomic E-state index is 12.7. The third-order valence-electron chi connectivity index (χ3n) is 2.83. The van der Waals surface area contributed by atoms with Crippen LogP contribution in [-0.2, 0) is 0 Å². The maximum Gasteiger partial charge on any atom is 0.251 e. The molecule has 1 aromatic carbocycles. The lowest BCUT2D eigenvalue weighted by Crippen LogP contribution is -2.36. The quantitative estimate of drug-likeness (QED) is 0.817. The highest BCUT2D eigenvalue weighted by atomic mass is 19.1. The molecular weight excluding hydrogens is 207 g/mol. The Kier molecular flexibility index (Phi) is 3.19. The van der Waals surface area contributed by atoms with Crippen LogP contribution in [0.2, 0.25) is 0 Å². The molecule has 0 radical (unpaired) electrons. The molecule has 2 rings (SSSR count). The molecule has 0 saturated carbocycles. The number of likely N-dealkylation sites (N-methyl/N-ethyl adjacent to an activating group) is 1. The van der Waals surface area contributed by atoms with Gasteiger partial charge in [-0.25, -0.2) is 4.39 Å². The second-order valence-corrected chi connectivity index (χ2v) is 4.23. The second-order valence-electron chi connectivity index (χ2n) is 4.23. The van der Waals surface area contributed by atoms with Crippen LogP contribution in [0.3, 0.4) is 0 Å². The van der Waals surface area contributed by atoms with Gasteiger partial charge in [-0.1, -0.05) is 0 Å². The Morgan fingerprint density at radius 2 is 2.12 bits per heavy atom. The van der Waals surface area contributed by atoms with E-state index in [4.69, 9.17) is 0 Å². The fourth-order valence-electron chi connectivity index (χ4n) is 1.92. The smallest absolute Gasteiger partial charge is 0.251 e. The summed E-state index contributed by atoms with van der Waals surface area (Å²) in [5, 5.41) is 2.94. The van der Waals surface area contributed by atoms with Gasteiger partial charge in [0.15, 0.2) is 0 Å². The minimum absolute atomic E-state index is 0.125. The minimum atomic E-state index is -0.322. The number of amides is 1. The molecule has 1 amide bonds. The second kappa shape index (κ2) is 4.61. The lowest BCUT2D eigenvalue weighted by molar-refractivity contribution is 0.0938. The summed E-state index contributed by atoms with van der Waals surface area (Å²) in [5.74, 6) is -0.447. The van der Waals surface area contributed by atoms with Crippen LogP contribution in [0.25, 0.3) is 0 Å². The van der Waals surface area contributed by atoms with Gasteiger partial charge in [-0.05, 0) is 44.3 Å². The van der Waals surface area contributed by atoms with Crippen LogP contribution in [0.15, 0.2) is 24.3 Å². The van der Waals surface area contributed by atoms with Crippen molar-refractivity contribution in [2.24, 2.45) is 0 Å². The van der Waals surface area contributed by atoms with Gasteiger partial charge in [-0.15, -0.1) is 0 Å². The van der Waals surface area contributed by atoms with Crippen LogP contribution in [0.5, 0.6) is 0 Å². The van der Waals surface area contributed by atoms with Gasteiger partial charge in [0.2, 0.25) is 0 Å². The van der Waals surface area contributed by atoms with Gasteiger partial charge < -0.3 is 10.2 Å². The zero-order valence-corrected chi connectivity index (χ0v) is 9.24. The average molecular weight is 222 g/mol. The molecule has 1 heterocycles. The molecule has 0 aliphatic carbocycles. The van der Waals surface area contributed by atoms with Crippen molar-refractivity contribution in [3.05, 3.63) is 35.6 Å². The Hall–Kier alpha value is -1.42. The first-order valence-electron chi connectivity index (χ1n) is 5.40. The Bertz CT molecular complexity index is 377. The highest BCUT2D eigenvalue weighted by Gasteiger charge is 2.21. The standard InChI is InChI=1S/C12H15FN2O/c1-15-7-6-11(8-15)14-12(16)9-2-4-10(13)5-3-9/h2-5,11H,6-8H2,1H3,(H,14,16). The first kappa shape index (κ1) is 11.1. The van der Waals surface area contributed by atoms with Crippen molar-refractivity contribution < 1.29 is 9.18 Å². The number of carbonyl (C=O) groups is 1. The predicted octanol–water partition coefficient (Wildman–Crippen LogP) is 1.26. The largest absolute Gasteiger partial charge is 0.348 e. The monoisotopic (exact) mass is 222 g/mol. The molecule has 86 valence electrons. The van der Waals surface area contributed by atoms with Crippen molar-refractivity contribution in [1.82, 2.24) is 10.2 Å². The molecule has 0 aromatic heterocycles. The van der Waals surface area contributed by atoms with Crippen molar-refractivity contribution >= 4 is 5.91 Å². The number of nitrogens with one attached hydrogen (secondary N) is 1. The minimum Gasteiger partial charge on any atom is -0.348 e. The zero-order chi connectivity index (χ0) is 11.5. The molecular formula is C12H15FN2O. The van der Waals surface area contributed by atoms with Gasteiger partial charge >= 0.3 is 0 Å². The third-order valence-corrected chi connectivity index (χ3v) is 2.83. The van der Waals surface area contributed by atoms with Gasteiger partial charge in [0.1, 0.15) is 5.82 Å². The SMILES string of the molecule is CN1CCC(NC(=O)c2ccc(F)cc2)C1. The van der Waals surface area contributed by atoms with Crippen LogP contribution in [0, 0.1) is 5.82 Å². The molecule has 1 fully saturated rings.